The van der Waals surface area contributed by atoms with Gasteiger partial charge in [0.1, 0.15) is 5.76 Å². The Kier molecular flexibility index (Phi) is 7.17. The van der Waals surface area contributed by atoms with Gasteiger partial charge in [-0.1, -0.05) is 20.8 Å². The van der Waals surface area contributed by atoms with Crippen molar-refractivity contribution in [3.8, 4) is 0 Å². The van der Waals surface area contributed by atoms with Gasteiger partial charge in [-0.2, -0.15) is 0 Å². The molecule has 0 aliphatic heterocycles. The fraction of sp³-hybridized carbons (Fsp3) is 0.750. The lowest BCUT2D eigenvalue weighted by atomic mass is 10.2. The Bertz CT molecular complexity index is 344. The normalized spacial score (nSPS) is 12.0. The van der Waals surface area contributed by atoms with Crippen molar-refractivity contribution in [2.75, 3.05) is 13.1 Å². The van der Waals surface area contributed by atoms with E-state index in [-0.39, 0.29) is 0 Å². The minimum absolute atomic E-state index is 0.563. The molecule has 3 heteroatoms. The van der Waals surface area contributed by atoms with Crippen molar-refractivity contribution in [2.45, 2.75) is 60.2 Å². The zero-order valence-corrected chi connectivity index (χ0v) is 13.2. The van der Waals surface area contributed by atoms with Crippen molar-refractivity contribution in [3.63, 3.8) is 0 Å². The Morgan fingerprint density at radius 2 is 2.00 bits per heavy atom. The summed E-state index contributed by atoms with van der Waals surface area (Å²) in [5, 5.41) is 3.44. The van der Waals surface area contributed by atoms with E-state index in [9.17, 15) is 0 Å². The smallest absolute Gasteiger partial charge is 0.118 e. The molecule has 1 rings (SSSR count). The van der Waals surface area contributed by atoms with E-state index in [4.69, 9.17) is 4.42 Å². The summed E-state index contributed by atoms with van der Waals surface area (Å²) in [5.74, 6) is 1.76. The van der Waals surface area contributed by atoms with E-state index in [1.165, 1.54) is 12.0 Å². The van der Waals surface area contributed by atoms with Gasteiger partial charge >= 0.3 is 0 Å². The molecule has 0 saturated heterocycles. The summed E-state index contributed by atoms with van der Waals surface area (Å²) in [5.41, 5.74) is 1.25. The van der Waals surface area contributed by atoms with Gasteiger partial charge in [0.15, 0.2) is 0 Å². The molecular weight excluding hydrogens is 236 g/mol. The van der Waals surface area contributed by atoms with Crippen molar-refractivity contribution in [1.82, 2.24) is 10.2 Å². The number of furan rings is 1. The van der Waals surface area contributed by atoms with Crippen LogP contribution in [-0.2, 0) is 13.1 Å². The van der Waals surface area contributed by atoms with Gasteiger partial charge in [0.2, 0.25) is 0 Å². The summed E-state index contributed by atoms with van der Waals surface area (Å²) >= 11 is 0. The van der Waals surface area contributed by atoms with E-state index < -0.39 is 0 Å². The summed E-state index contributed by atoms with van der Waals surface area (Å²) in [6.07, 6.45) is 3.06. The minimum atomic E-state index is 0.563. The molecule has 0 spiro atoms. The largest absolute Gasteiger partial charge is 0.468 e. The molecule has 0 aliphatic rings. The molecule has 0 aliphatic carbocycles. The van der Waals surface area contributed by atoms with Crippen LogP contribution in [0.3, 0.4) is 0 Å². The highest BCUT2D eigenvalue weighted by Gasteiger charge is 2.11. The van der Waals surface area contributed by atoms with Gasteiger partial charge in [0.25, 0.3) is 0 Å². The molecule has 0 fully saturated rings. The van der Waals surface area contributed by atoms with Crippen LogP contribution in [0.15, 0.2) is 16.7 Å². The summed E-state index contributed by atoms with van der Waals surface area (Å²) in [7, 11) is 0. The second kappa shape index (κ2) is 8.39. The second-order valence-corrected chi connectivity index (χ2v) is 6.01. The van der Waals surface area contributed by atoms with Gasteiger partial charge in [0, 0.05) is 18.2 Å². The first-order valence-electron chi connectivity index (χ1n) is 7.54. The van der Waals surface area contributed by atoms with Gasteiger partial charge in [-0.3, -0.25) is 4.90 Å². The lowest BCUT2D eigenvalue weighted by Gasteiger charge is -2.24. The first-order chi connectivity index (χ1) is 9.02. The zero-order chi connectivity index (χ0) is 14.3. The predicted molar refractivity (Wildman–Crippen MR) is 81.1 cm³/mol. The van der Waals surface area contributed by atoms with Crippen molar-refractivity contribution in [2.24, 2.45) is 5.92 Å². The molecule has 110 valence electrons. The lowest BCUT2D eigenvalue weighted by molar-refractivity contribution is 0.197. The van der Waals surface area contributed by atoms with Crippen molar-refractivity contribution in [3.05, 3.63) is 23.7 Å². The van der Waals surface area contributed by atoms with Crippen molar-refractivity contribution < 1.29 is 4.42 Å². The molecule has 19 heavy (non-hydrogen) atoms. The monoisotopic (exact) mass is 266 g/mol. The number of rotatable bonds is 9. The van der Waals surface area contributed by atoms with E-state index in [1.807, 2.05) is 6.26 Å². The van der Waals surface area contributed by atoms with Crippen LogP contribution in [-0.4, -0.2) is 24.0 Å². The van der Waals surface area contributed by atoms with E-state index in [1.54, 1.807) is 0 Å². The summed E-state index contributed by atoms with van der Waals surface area (Å²) in [6, 6.07) is 2.74. The van der Waals surface area contributed by atoms with Crippen LogP contribution >= 0.6 is 0 Å². The molecule has 1 aromatic rings. The Morgan fingerprint density at radius 3 is 2.58 bits per heavy atom. The fourth-order valence-electron chi connectivity index (χ4n) is 2.11. The molecule has 0 aromatic carbocycles. The second-order valence-electron chi connectivity index (χ2n) is 6.01. The number of nitrogens with zero attached hydrogens (tertiary/aromatic N) is 1. The highest BCUT2D eigenvalue weighted by Crippen LogP contribution is 2.13. The van der Waals surface area contributed by atoms with Gasteiger partial charge in [-0.15, -0.1) is 0 Å². The van der Waals surface area contributed by atoms with Gasteiger partial charge in [-0.25, -0.2) is 0 Å². The third-order valence-corrected chi connectivity index (χ3v) is 3.19. The Morgan fingerprint density at radius 1 is 1.26 bits per heavy atom. The maximum Gasteiger partial charge on any atom is 0.118 e. The third-order valence-electron chi connectivity index (χ3n) is 3.19. The maximum absolute atomic E-state index is 5.67. The van der Waals surface area contributed by atoms with E-state index >= 15 is 0 Å². The standard InChI is InChI=1S/C16H30N2O/c1-6-7-18(14(4)5)11-16-8-15(12-19-16)10-17-9-13(2)3/h8,12-14,17H,6-7,9-11H2,1-5H3. The SMILES string of the molecule is CCCN(Cc1cc(CNCC(C)C)co1)C(C)C. The maximum atomic E-state index is 5.67. The van der Waals surface area contributed by atoms with Crippen LogP contribution in [0.25, 0.3) is 0 Å². The van der Waals surface area contributed by atoms with Crippen LogP contribution in [0.5, 0.6) is 0 Å². The quantitative estimate of drug-likeness (QED) is 0.739. The van der Waals surface area contributed by atoms with Gasteiger partial charge in [-0.05, 0) is 45.3 Å². The Balaban J connectivity index is 2.44. The van der Waals surface area contributed by atoms with Crippen molar-refractivity contribution >= 4 is 0 Å². The molecule has 3 nitrogen and oxygen atoms in total. The number of hydrogen-bond donors (Lipinski definition) is 1. The molecule has 0 amide bonds. The summed E-state index contributed by atoms with van der Waals surface area (Å²) in [6.45, 7) is 15.1. The number of hydrogen-bond acceptors (Lipinski definition) is 3. The molecule has 1 aromatic heterocycles. The molecule has 0 atom stereocenters. The average molecular weight is 266 g/mol. The molecule has 0 unspecified atom stereocenters. The first kappa shape index (κ1) is 16.3. The Labute approximate surface area is 118 Å². The number of nitrogens with one attached hydrogen (secondary N) is 1. The van der Waals surface area contributed by atoms with Crippen LogP contribution in [0, 0.1) is 5.92 Å². The van der Waals surface area contributed by atoms with Gasteiger partial charge < -0.3 is 9.73 Å². The van der Waals surface area contributed by atoms with Crippen LogP contribution in [0.1, 0.15) is 52.4 Å². The fourth-order valence-corrected chi connectivity index (χ4v) is 2.11. The topological polar surface area (TPSA) is 28.4 Å². The van der Waals surface area contributed by atoms with Crippen molar-refractivity contribution in [1.29, 1.82) is 0 Å². The Hall–Kier alpha value is -0.800. The summed E-state index contributed by atoms with van der Waals surface area (Å²) < 4.78 is 5.67. The van der Waals surface area contributed by atoms with Crippen LogP contribution < -0.4 is 5.32 Å². The molecular formula is C16H30N2O. The van der Waals surface area contributed by atoms with E-state index in [2.05, 4.69) is 50.9 Å². The van der Waals surface area contributed by atoms with Gasteiger partial charge in [0.05, 0.1) is 12.8 Å². The molecule has 0 saturated carbocycles. The lowest BCUT2D eigenvalue weighted by Crippen LogP contribution is -2.30. The minimum Gasteiger partial charge on any atom is -0.468 e. The zero-order valence-electron chi connectivity index (χ0n) is 13.2. The molecule has 1 N–H and O–H groups in total. The predicted octanol–water partition coefficient (Wildman–Crippen LogP) is 3.65. The molecule has 0 radical (unpaired) electrons. The van der Waals surface area contributed by atoms with Crippen LogP contribution in [0.4, 0.5) is 0 Å². The highest BCUT2D eigenvalue weighted by atomic mass is 16.3. The molecule has 1 heterocycles. The van der Waals surface area contributed by atoms with E-state index in [0.29, 0.717) is 12.0 Å². The summed E-state index contributed by atoms with van der Waals surface area (Å²) in [4.78, 5) is 2.45. The highest BCUT2D eigenvalue weighted by molar-refractivity contribution is 5.12. The van der Waals surface area contributed by atoms with Crippen LogP contribution in [0.2, 0.25) is 0 Å². The third kappa shape index (κ3) is 6.26. The van der Waals surface area contributed by atoms with E-state index in [0.717, 1.165) is 31.9 Å². The molecule has 0 bridgehead atoms. The first-order valence-corrected chi connectivity index (χ1v) is 7.54. The average Bonchev–Trinajstić information content (AvgIpc) is 2.75.